The summed E-state index contributed by atoms with van der Waals surface area (Å²) >= 11 is 1.84. The Hall–Kier alpha value is -0.0700. The molecule has 2 N–H and O–H groups in total. The Bertz CT molecular complexity index is 275. The summed E-state index contributed by atoms with van der Waals surface area (Å²) in [5, 5.41) is 5.77. The maximum absolute atomic E-state index is 12.8. The highest BCUT2D eigenvalue weighted by atomic mass is 35.5. The number of amides is 1. The minimum Gasteiger partial charge on any atom is -0.354 e. The molecule has 2 heterocycles. The van der Waals surface area contributed by atoms with Crippen LogP contribution in [0.3, 0.4) is 0 Å². The predicted molar refractivity (Wildman–Crippen MR) is 67.1 cm³/mol. The SMILES string of the molecule is Cl.O=C(NCC1CCCS1)C1CC(F)(F)CN1. The summed E-state index contributed by atoms with van der Waals surface area (Å²) in [4.78, 5) is 11.6. The van der Waals surface area contributed by atoms with Crippen LogP contribution in [-0.2, 0) is 4.79 Å². The van der Waals surface area contributed by atoms with E-state index in [2.05, 4.69) is 10.6 Å². The van der Waals surface area contributed by atoms with Crippen molar-refractivity contribution < 1.29 is 13.6 Å². The van der Waals surface area contributed by atoms with Crippen LogP contribution < -0.4 is 10.6 Å². The van der Waals surface area contributed by atoms with Crippen molar-refractivity contribution in [2.75, 3.05) is 18.8 Å². The molecule has 0 bridgehead atoms. The molecular weight excluding hydrogens is 270 g/mol. The summed E-state index contributed by atoms with van der Waals surface area (Å²) in [7, 11) is 0. The van der Waals surface area contributed by atoms with E-state index in [4.69, 9.17) is 0 Å². The van der Waals surface area contributed by atoms with Gasteiger partial charge in [0.05, 0.1) is 12.6 Å². The van der Waals surface area contributed by atoms with Crippen LogP contribution in [0.15, 0.2) is 0 Å². The van der Waals surface area contributed by atoms with Crippen molar-refractivity contribution in [3.63, 3.8) is 0 Å². The second-order valence-corrected chi connectivity index (χ2v) is 5.78. The van der Waals surface area contributed by atoms with Gasteiger partial charge in [-0.15, -0.1) is 12.4 Å². The molecule has 2 aliphatic rings. The molecule has 0 aliphatic carbocycles. The fraction of sp³-hybridized carbons (Fsp3) is 0.900. The Balaban J connectivity index is 0.00000144. The topological polar surface area (TPSA) is 41.1 Å². The first-order valence-electron chi connectivity index (χ1n) is 5.57. The molecule has 0 radical (unpaired) electrons. The van der Waals surface area contributed by atoms with E-state index < -0.39 is 12.0 Å². The summed E-state index contributed by atoms with van der Waals surface area (Å²) < 4.78 is 25.7. The molecule has 0 spiro atoms. The number of alkyl halides is 2. The van der Waals surface area contributed by atoms with Gasteiger partial charge in [-0.3, -0.25) is 10.1 Å². The third-order valence-corrected chi connectivity index (χ3v) is 4.35. The molecule has 100 valence electrons. The molecule has 2 unspecified atom stereocenters. The Labute approximate surface area is 110 Å². The number of hydrogen-bond acceptors (Lipinski definition) is 3. The molecule has 0 aromatic rings. The lowest BCUT2D eigenvalue weighted by Crippen LogP contribution is -2.42. The van der Waals surface area contributed by atoms with Gasteiger partial charge in [-0.05, 0) is 18.6 Å². The first-order chi connectivity index (χ1) is 7.57. The van der Waals surface area contributed by atoms with Gasteiger partial charge in [-0.2, -0.15) is 11.8 Å². The summed E-state index contributed by atoms with van der Waals surface area (Å²) in [6.45, 7) is 0.219. The van der Waals surface area contributed by atoms with Gasteiger partial charge in [0, 0.05) is 18.2 Å². The van der Waals surface area contributed by atoms with E-state index in [9.17, 15) is 13.6 Å². The maximum atomic E-state index is 12.8. The lowest BCUT2D eigenvalue weighted by molar-refractivity contribution is -0.123. The van der Waals surface area contributed by atoms with Crippen molar-refractivity contribution in [3.8, 4) is 0 Å². The lowest BCUT2D eigenvalue weighted by atomic mass is 10.2. The lowest BCUT2D eigenvalue weighted by Gasteiger charge is -2.13. The van der Waals surface area contributed by atoms with Gasteiger partial charge in [-0.25, -0.2) is 8.78 Å². The third kappa shape index (κ3) is 4.26. The van der Waals surface area contributed by atoms with Crippen molar-refractivity contribution in [1.82, 2.24) is 10.6 Å². The van der Waals surface area contributed by atoms with Crippen LogP contribution in [-0.4, -0.2) is 42.0 Å². The van der Waals surface area contributed by atoms with Gasteiger partial charge in [0.2, 0.25) is 5.91 Å². The molecule has 7 heteroatoms. The van der Waals surface area contributed by atoms with Crippen LogP contribution in [0, 0.1) is 0 Å². The quantitative estimate of drug-likeness (QED) is 0.824. The number of hydrogen-bond donors (Lipinski definition) is 2. The second-order valence-electron chi connectivity index (χ2n) is 4.37. The third-order valence-electron chi connectivity index (χ3n) is 2.95. The molecule has 0 aromatic carbocycles. The second kappa shape index (κ2) is 6.20. The van der Waals surface area contributed by atoms with E-state index in [1.165, 1.54) is 6.42 Å². The highest BCUT2D eigenvalue weighted by Crippen LogP contribution is 2.26. The monoisotopic (exact) mass is 286 g/mol. The van der Waals surface area contributed by atoms with E-state index >= 15 is 0 Å². The number of carbonyl (C=O) groups is 1. The zero-order valence-electron chi connectivity index (χ0n) is 9.38. The molecule has 17 heavy (non-hydrogen) atoms. The number of nitrogens with one attached hydrogen (secondary N) is 2. The molecule has 2 fully saturated rings. The molecule has 3 nitrogen and oxygen atoms in total. The minimum atomic E-state index is -2.73. The zero-order chi connectivity index (χ0) is 11.6. The Kier molecular flexibility index (Phi) is 5.47. The first kappa shape index (κ1) is 15.0. The van der Waals surface area contributed by atoms with Gasteiger partial charge in [0.25, 0.3) is 5.92 Å². The molecule has 0 saturated carbocycles. The van der Waals surface area contributed by atoms with Gasteiger partial charge in [-0.1, -0.05) is 0 Å². The average molecular weight is 287 g/mol. The van der Waals surface area contributed by atoms with Gasteiger partial charge in [0.1, 0.15) is 0 Å². The standard InChI is InChI=1S/C10H16F2N2OS.ClH/c11-10(12)4-8(14-6-10)9(15)13-5-7-2-1-3-16-7;/h7-8,14H,1-6H2,(H,13,15);1H. The molecule has 1 amide bonds. The van der Waals surface area contributed by atoms with Crippen LogP contribution >= 0.6 is 24.2 Å². The Morgan fingerprint density at radius 2 is 2.29 bits per heavy atom. The van der Waals surface area contributed by atoms with Crippen LogP contribution in [0.1, 0.15) is 19.3 Å². The minimum absolute atomic E-state index is 0. The Morgan fingerprint density at radius 1 is 1.53 bits per heavy atom. The highest BCUT2D eigenvalue weighted by Gasteiger charge is 2.42. The van der Waals surface area contributed by atoms with Crippen LogP contribution in [0.4, 0.5) is 8.78 Å². The molecule has 2 atom stereocenters. The summed E-state index contributed by atoms with van der Waals surface area (Å²) in [5.74, 6) is -1.88. The number of carbonyl (C=O) groups excluding carboxylic acids is 1. The molecular formula is C10H17ClF2N2OS. The summed E-state index contributed by atoms with van der Waals surface area (Å²) in [6.07, 6.45) is 1.92. The van der Waals surface area contributed by atoms with Crippen LogP contribution in [0.25, 0.3) is 0 Å². The van der Waals surface area contributed by atoms with E-state index in [1.54, 1.807) is 0 Å². The van der Waals surface area contributed by atoms with Gasteiger partial charge < -0.3 is 5.32 Å². The van der Waals surface area contributed by atoms with Crippen LogP contribution in [0.5, 0.6) is 0 Å². The van der Waals surface area contributed by atoms with Crippen molar-refractivity contribution in [1.29, 1.82) is 0 Å². The van der Waals surface area contributed by atoms with Crippen molar-refractivity contribution in [3.05, 3.63) is 0 Å². The molecule has 0 aromatic heterocycles. The smallest absolute Gasteiger partial charge is 0.262 e. The zero-order valence-corrected chi connectivity index (χ0v) is 11.0. The predicted octanol–water partition coefficient (Wildman–Crippen LogP) is 1.42. The van der Waals surface area contributed by atoms with E-state index in [1.807, 2.05) is 11.8 Å². The number of thioether (sulfide) groups is 1. The summed E-state index contributed by atoms with van der Waals surface area (Å²) in [5.41, 5.74) is 0. The van der Waals surface area contributed by atoms with Crippen molar-refractivity contribution in [2.45, 2.75) is 36.5 Å². The van der Waals surface area contributed by atoms with Gasteiger partial charge >= 0.3 is 0 Å². The molecule has 2 saturated heterocycles. The fourth-order valence-corrected chi connectivity index (χ4v) is 3.25. The highest BCUT2D eigenvalue weighted by molar-refractivity contribution is 8.00. The van der Waals surface area contributed by atoms with Crippen molar-refractivity contribution >= 4 is 30.1 Å². The average Bonchev–Trinajstić information content (AvgIpc) is 2.83. The molecule has 2 rings (SSSR count). The largest absolute Gasteiger partial charge is 0.354 e. The number of halogens is 3. The van der Waals surface area contributed by atoms with Gasteiger partial charge in [0.15, 0.2) is 0 Å². The molecule has 2 aliphatic heterocycles. The number of rotatable bonds is 3. The van der Waals surface area contributed by atoms with Crippen molar-refractivity contribution in [2.24, 2.45) is 0 Å². The maximum Gasteiger partial charge on any atom is 0.262 e. The van der Waals surface area contributed by atoms with Crippen LogP contribution in [0.2, 0.25) is 0 Å². The summed E-state index contributed by atoms with van der Waals surface area (Å²) in [6, 6.07) is -0.721. The normalized spacial score (nSPS) is 30.9. The van der Waals surface area contributed by atoms with E-state index in [-0.39, 0.29) is 31.3 Å². The van der Waals surface area contributed by atoms with E-state index in [0.717, 1.165) is 12.2 Å². The fourth-order valence-electron chi connectivity index (χ4n) is 2.04. The Morgan fingerprint density at radius 3 is 2.82 bits per heavy atom. The van der Waals surface area contributed by atoms with E-state index in [0.29, 0.717) is 11.8 Å². The first-order valence-corrected chi connectivity index (χ1v) is 6.62.